The molecule has 1 heteroatoms. The normalized spacial score (nSPS) is 25.7. The average Bonchev–Trinajstić information content (AvgIpc) is 2.22. The van der Waals surface area contributed by atoms with Crippen LogP contribution in [0.3, 0.4) is 0 Å². The summed E-state index contributed by atoms with van der Waals surface area (Å²) in [6, 6.07) is 0. The Labute approximate surface area is 93.3 Å². The van der Waals surface area contributed by atoms with E-state index in [2.05, 4.69) is 33.4 Å². The molecule has 0 amide bonds. The summed E-state index contributed by atoms with van der Waals surface area (Å²) in [5.74, 6) is 0.554. The van der Waals surface area contributed by atoms with Crippen LogP contribution in [0, 0.1) is 11.3 Å². The first-order chi connectivity index (χ1) is 6.96. The molecule has 0 bridgehead atoms. The SMILES string of the molecule is C=CCCC1C(=O)CC(C)(C)CC=C1C. The van der Waals surface area contributed by atoms with Gasteiger partial charge in [-0.2, -0.15) is 0 Å². The molecule has 15 heavy (non-hydrogen) atoms. The number of hydrogen-bond acceptors (Lipinski definition) is 1. The molecule has 0 heterocycles. The molecule has 0 saturated carbocycles. The molecule has 1 aliphatic carbocycles. The minimum atomic E-state index is 0.140. The van der Waals surface area contributed by atoms with Crippen LogP contribution >= 0.6 is 0 Å². The van der Waals surface area contributed by atoms with Crippen LogP contribution in [0.1, 0.15) is 46.5 Å². The highest BCUT2D eigenvalue weighted by atomic mass is 16.1. The predicted octanol–water partition coefficient (Wildman–Crippen LogP) is 3.90. The van der Waals surface area contributed by atoms with E-state index in [1.54, 1.807) is 0 Å². The van der Waals surface area contributed by atoms with Crippen molar-refractivity contribution in [2.75, 3.05) is 0 Å². The topological polar surface area (TPSA) is 17.1 Å². The fourth-order valence-electron chi connectivity index (χ4n) is 2.17. The molecule has 0 aliphatic heterocycles. The molecule has 0 fully saturated rings. The van der Waals surface area contributed by atoms with E-state index < -0.39 is 0 Å². The van der Waals surface area contributed by atoms with Gasteiger partial charge in [0.05, 0.1) is 0 Å². The third-order valence-corrected chi connectivity index (χ3v) is 3.23. The zero-order valence-corrected chi connectivity index (χ0v) is 10.2. The lowest BCUT2D eigenvalue weighted by molar-refractivity contribution is -0.123. The van der Waals surface area contributed by atoms with E-state index in [0.29, 0.717) is 12.2 Å². The van der Waals surface area contributed by atoms with Crippen molar-refractivity contribution in [1.82, 2.24) is 0 Å². The maximum atomic E-state index is 12.1. The third kappa shape index (κ3) is 3.33. The van der Waals surface area contributed by atoms with Crippen molar-refractivity contribution in [2.24, 2.45) is 11.3 Å². The molecule has 0 aromatic heterocycles. The summed E-state index contributed by atoms with van der Waals surface area (Å²) in [6.45, 7) is 10.1. The Kier molecular flexibility index (Phi) is 3.90. The van der Waals surface area contributed by atoms with Crippen LogP contribution < -0.4 is 0 Å². The molecule has 0 radical (unpaired) electrons. The largest absolute Gasteiger partial charge is 0.299 e. The molecule has 0 N–H and O–H groups in total. The van der Waals surface area contributed by atoms with E-state index in [0.717, 1.165) is 19.3 Å². The molecule has 1 nitrogen and oxygen atoms in total. The van der Waals surface area contributed by atoms with E-state index in [9.17, 15) is 4.79 Å². The minimum absolute atomic E-state index is 0.140. The first-order valence-electron chi connectivity index (χ1n) is 5.76. The van der Waals surface area contributed by atoms with Crippen LogP contribution in [0.15, 0.2) is 24.3 Å². The summed E-state index contributed by atoms with van der Waals surface area (Å²) in [6.07, 6.45) is 7.75. The first-order valence-corrected chi connectivity index (χ1v) is 5.76. The van der Waals surface area contributed by atoms with Gasteiger partial charge < -0.3 is 0 Å². The summed E-state index contributed by atoms with van der Waals surface area (Å²) < 4.78 is 0. The maximum Gasteiger partial charge on any atom is 0.140 e. The number of Topliss-reactive ketones (excluding diaryl/α,β-unsaturated/α-hetero) is 1. The number of allylic oxidation sites excluding steroid dienone is 3. The Morgan fingerprint density at radius 2 is 2.27 bits per heavy atom. The quantitative estimate of drug-likeness (QED) is 0.640. The van der Waals surface area contributed by atoms with Crippen molar-refractivity contribution in [3.63, 3.8) is 0 Å². The van der Waals surface area contributed by atoms with Gasteiger partial charge in [-0.05, 0) is 31.6 Å². The van der Waals surface area contributed by atoms with E-state index >= 15 is 0 Å². The third-order valence-electron chi connectivity index (χ3n) is 3.23. The lowest BCUT2D eigenvalue weighted by Gasteiger charge is -2.21. The highest BCUT2D eigenvalue weighted by Crippen LogP contribution is 2.35. The summed E-state index contributed by atoms with van der Waals surface area (Å²) >= 11 is 0. The van der Waals surface area contributed by atoms with Gasteiger partial charge in [0, 0.05) is 12.3 Å². The molecule has 1 rings (SSSR count). The predicted molar refractivity (Wildman–Crippen MR) is 64.7 cm³/mol. The molecular formula is C14H22O. The molecule has 0 aromatic carbocycles. The lowest BCUT2D eigenvalue weighted by Crippen LogP contribution is -2.20. The Balaban J connectivity index is 2.78. The fraction of sp³-hybridized carbons (Fsp3) is 0.643. The highest BCUT2D eigenvalue weighted by Gasteiger charge is 2.29. The van der Waals surface area contributed by atoms with Gasteiger partial charge >= 0.3 is 0 Å². The number of ketones is 1. The first kappa shape index (κ1) is 12.2. The van der Waals surface area contributed by atoms with Crippen molar-refractivity contribution < 1.29 is 4.79 Å². The van der Waals surface area contributed by atoms with E-state index in [1.165, 1.54) is 5.57 Å². The van der Waals surface area contributed by atoms with Crippen LogP contribution in [-0.2, 0) is 4.79 Å². The highest BCUT2D eigenvalue weighted by molar-refractivity contribution is 5.84. The minimum Gasteiger partial charge on any atom is -0.299 e. The molecule has 0 spiro atoms. The van der Waals surface area contributed by atoms with Gasteiger partial charge in [0.2, 0.25) is 0 Å². The number of hydrogen-bond donors (Lipinski definition) is 0. The smallest absolute Gasteiger partial charge is 0.140 e. The zero-order valence-electron chi connectivity index (χ0n) is 10.2. The van der Waals surface area contributed by atoms with Gasteiger partial charge in [0.1, 0.15) is 5.78 Å². The van der Waals surface area contributed by atoms with Crippen molar-refractivity contribution in [2.45, 2.75) is 46.5 Å². The molecule has 0 aromatic rings. The zero-order chi connectivity index (χ0) is 11.5. The van der Waals surface area contributed by atoms with E-state index in [1.807, 2.05) is 6.08 Å². The number of carbonyl (C=O) groups excluding carboxylic acids is 1. The second-order valence-electron chi connectivity index (χ2n) is 5.38. The second-order valence-corrected chi connectivity index (χ2v) is 5.38. The summed E-state index contributed by atoms with van der Waals surface area (Å²) in [5, 5.41) is 0. The standard InChI is InChI=1S/C14H22O/c1-5-6-7-12-11(2)8-9-14(3,4)10-13(12)15/h5,8,12H,1,6-7,9-10H2,2-4H3. The van der Waals surface area contributed by atoms with Crippen LogP contribution in [0.4, 0.5) is 0 Å². The Bertz CT molecular complexity index is 284. The van der Waals surface area contributed by atoms with Crippen molar-refractivity contribution in [1.29, 1.82) is 0 Å². The van der Waals surface area contributed by atoms with Crippen LogP contribution in [0.25, 0.3) is 0 Å². The van der Waals surface area contributed by atoms with Crippen molar-refractivity contribution in [3.8, 4) is 0 Å². The lowest BCUT2D eigenvalue weighted by atomic mass is 9.83. The average molecular weight is 206 g/mol. The summed E-state index contributed by atoms with van der Waals surface area (Å²) in [7, 11) is 0. The Hall–Kier alpha value is -0.850. The number of rotatable bonds is 3. The maximum absolute atomic E-state index is 12.1. The Morgan fingerprint density at radius 1 is 1.60 bits per heavy atom. The monoisotopic (exact) mass is 206 g/mol. The van der Waals surface area contributed by atoms with E-state index in [-0.39, 0.29) is 11.3 Å². The molecule has 0 saturated heterocycles. The Morgan fingerprint density at radius 3 is 2.87 bits per heavy atom. The fourth-order valence-corrected chi connectivity index (χ4v) is 2.17. The molecule has 1 unspecified atom stereocenters. The van der Waals surface area contributed by atoms with Gasteiger partial charge in [-0.15, -0.1) is 6.58 Å². The van der Waals surface area contributed by atoms with Crippen molar-refractivity contribution >= 4 is 5.78 Å². The van der Waals surface area contributed by atoms with Crippen LogP contribution in [0.2, 0.25) is 0 Å². The van der Waals surface area contributed by atoms with Crippen molar-refractivity contribution in [3.05, 3.63) is 24.3 Å². The second kappa shape index (κ2) is 4.78. The summed E-state index contributed by atoms with van der Waals surface area (Å²) in [4.78, 5) is 12.1. The molecular weight excluding hydrogens is 184 g/mol. The van der Waals surface area contributed by atoms with Gasteiger partial charge in [-0.25, -0.2) is 0 Å². The van der Waals surface area contributed by atoms with Gasteiger partial charge in [0.25, 0.3) is 0 Å². The van der Waals surface area contributed by atoms with Gasteiger partial charge in [-0.3, -0.25) is 4.79 Å². The van der Waals surface area contributed by atoms with Gasteiger partial charge in [0.15, 0.2) is 0 Å². The van der Waals surface area contributed by atoms with E-state index in [4.69, 9.17) is 0 Å². The number of carbonyl (C=O) groups is 1. The molecule has 84 valence electrons. The van der Waals surface area contributed by atoms with Crippen LogP contribution in [0.5, 0.6) is 0 Å². The molecule has 1 atom stereocenters. The van der Waals surface area contributed by atoms with Crippen LogP contribution in [-0.4, -0.2) is 5.78 Å². The molecule has 1 aliphatic rings. The van der Waals surface area contributed by atoms with Gasteiger partial charge in [-0.1, -0.05) is 31.6 Å². The summed E-state index contributed by atoms with van der Waals surface area (Å²) in [5.41, 5.74) is 1.40.